The summed E-state index contributed by atoms with van der Waals surface area (Å²) < 4.78 is 5.97. The highest BCUT2D eigenvalue weighted by molar-refractivity contribution is 6.06. The highest BCUT2D eigenvalue weighted by Gasteiger charge is 2.63. The van der Waals surface area contributed by atoms with E-state index in [1.807, 2.05) is 13.8 Å². The Morgan fingerprint density at radius 1 is 1.39 bits per heavy atom. The van der Waals surface area contributed by atoms with Crippen molar-refractivity contribution in [1.82, 2.24) is 0 Å². The lowest BCUT2D eigenvalue weighted by molar-refractivity contribution is -0.112. The minimum atomic E-state index is -1.04. The summed E-state index contributed by atoms with van der Waals surface area (Å²) in [5.74, 6) is 0.780. The summed E-state index contributed by atoms with van der Waals surface area (Å²) >= 11 is 0. The summed E-state index contributed by atoms with van der Waals surface area (Å²) in [5.41, 5.74) is -0.0326. The molecule has 1 N–H and O–H groups in total. The van der Waals surface area contributed by atoms with Gasteiger partial charge in [-0.05, 0) is 51.2 Å². The molecule has 3 atom stereocenters. The van der Waals surface area contributed by atoms with Crippen molar-refractivity contribution in [1.29, 1.82) is 0 Å². The lowest BCUT2D eigenvalue weighted by Gasteiger charge is -2.43. The molecule has 18 heavy (non-hydrogen) atoms. The molecule has 3 heteroatoms. The third-order valence-electron chi connectivity index (χ3n) is 4.91. The maximum absolute atomic E-state index is 12.0. The lowest BCUT2D eigenvalue weighted by atomic mass is 9.62. The fourth-order valence-electron chi connectivity index (χ4n) is 3.89. The van der Waals surface area contributed by atoms with Crippen molar-refractivity contribution in [3.05, 3.63) is 23.0 Å². The van der Waals surface area contributed by atoms with Gasteiger partial charge in [-0.15, -0.1) is 0 Å². The van der Waals surface area contributed by atoms with Crippen molar-refractivity contribution in [3.8, 4) is 0 Å². The van der Waals surface area contributed by atoms with Gasteiger partial charge in [0, 0.05) is 11.5 Å². The van der Waals surface area contributed by atoms with Crippen LogP contribution in [0.5, 0.6) is 0 Å². The molecule has 0 aromatic carbocycles. The van der Waals surface area contributed by atoms with Crippen molar-refractivity contribution < 1.29 is 14.6 Å². The third-order valence-corrected chi connectivity index (χ3v) is 4.91. The number of ether oxygens (including phenoxy) is 1. The molecule has 3 rings (SSSR count). The molecule has 1 unspecified atom stereocenters. The molecule has 1 saturated carbocycles. The summed E-state index contributed by atoms with van der Waals surface area (Å²) in [4.78, 5) is 12.0. The van der Waals surface area contributed by atoms with Gasteiger partial charge in [0.25, 0.3) is 0 Å². The molecule has 0 aromatic heterocycles. The normalized spacial score (nSPS) is 41.4. The molecule has 0 radical (unpaired) electrons. The van der Waals surface area contributed by atoms with E-state index in [0.717, 1.165) is 18.4 Å². The number of carbonyl (C=O) groups is 1. The molecule has 0 bridgehead atoms. The van der Waals surface area contributed by atoms with Crippen molar-refractivity contribution in [2.45, 2.75) is 51.7 Å². The molecule has 0 spiro atoms. The Morgan fingerprint density at radius 2 is 2.06 bits per heavy atom. The largest absolute Gasteiger partial charge is 0.488 e. The number of rotatable bonds is 0. The van der Waals surface area contributed by atoms with Gasteiger partial charge in [-0.2, -0.15) is 0 Å². The second-order valence-electron chi connectivity index (χ2n) is 6.42. The first-order valence-corrected chi connectivity index (χ1v) is 6.67. The lowest BCUT2D eigenvalue weighted by Crippen LogP contribution is -2.49. The van der Waals surface area contributed by atoms with Crippen LogP contribution in [0.2, 0.25) is 0 Å². The summed E-state index contributed by atoms with van der Waals surface area (Å²) in [6.45, 7) is 7.84. The van der Waals surface area contributed by atoms with Gasteiger partial charge in [0.05, 0.1) is 0 Å². The first-order chi connectivity index (χ1) is 8.28. The number of ketones is 1. The number of aliphatic hydroxyl groups is 1. The number of hydrogen-bond donors (Lipinski definition) is 1. The summed E-state index contributed by atoms with van der Waals surface area (Å²) in [5, 5.41) is 11.2. The monoisotopic (exact) mass is 248 g/mol. The van der Waals surface area contributed by atoms with Gasteiger partial charge in [0.15, 0.2) is 11.4 Å². The number of allylic oxidation sites excluding steroid dienone is 2. The van der Waals surface area contributed by atoms with Crippen LogP contribution in [0.4, 0.5) is 0 Å². The predicted molar refractivity (Wildman–Crippen MR) is 67.8 cm³/mol. The van der Waals surface area contributed by atoms with Crippen LogP contribution in [0.1, 0.15) is 40.5 Å². The summed E-state index contributed by atoms with van der Waals surface area (Å²) in [6.07, 6.45) is 3.58. The van der Waals surface area contributed by atoms with Crippen molar-refractivity contribution in [2.24, 2.45) is 11.8 Å². The minimum absolute atomic E-state index is 0.0186. The Balaban J connectivity index is 2.25. The zero-order valence-electron chi connectivity index (χ0n) is 11.4. The third kappa shape index (κ3) is 1.21. The molecule has 2 aliphatic carbocycles. The van der Waals surface area contributed by atoms with Crippen molar-refractivity contribution in [2.75, 3.05) is 0 Å². The quantitative estimate of drug-likeness (QED) is 0.716. The van der Waals surface area contributed by atoms with E-state index in [0.29, 0.717) is 11.3 Å². The van der Waals surface area contributed by atoms with Gasteiger partial charge in [-0.3, -0.25) is 4.79 Å². The molecule has 0 aromatic rings. The molecular formula is C15H20O3. The van der Waals surface area contributed by atoms with Crippen LogP contribution < -0.4 is 0 Å². The molecule has 1 aliphatic heterocycles. The second-order valence-corrected chi connectivity index (χ2v) is 6.42. The number of hydrogen-bond acceptors (Lipinski definition) is 3. The maximum Gasteiger partial charge on any atom is 0.185 e. The fourth-order valence-corrected chi connectivity index (χ4v) is 3.89. The second kappa shape index (κ2) is 3.27. The Labute approximate surface area is 108 Å². The van der Waals surface area contributed by atoms with Crippen LogP contribution in [0.3, 0.4) is 0 Å². The molecule has 98 valence electrons. The van der Waals surface area contributed by atoms with Gasteiger partial charge in [-0.25, -0.2) is 0 Å². The van der Waals surface area contributed by atoms with E-state index >= 15 is 0 Å². The van der Waals surface area contributed by atoms with Crippen molar-refractivity contribution in [3.63, 3.8) is 0 Å². The highest BCUT2D eigenvalue weighted by Crippen LogP contribution is 2.58. The van der Waals surface area contributed by atoms with Crippen LogP contribution in [0.25, 0.3) is 0 Å². The van der Waals surface area contributed by atoms with E-state index in [2.05, 4.69) is 6.92 Å². The van der Waals surface area contributed by atoms with E-state index in [4.69, 9.17) is 4.74 Å². The Bertz CT molecular complexity index is 498. The van der Waals surface area contributed by atoms with E-state index in [1.165, 1.54) is 0 Å². The first-order valence-electron chi connectivity index (χ1n) is 6.67. The molecule has 3 nitrogen and oxygen atoms in total. The Morgan fingerprint density at radius 3 is 2.72 bits per heavy atom. The van der Waals surface area contributed by atoms with Crippen LogP contribution in [0, 0.1) is 11.8 Å². The molecule has 2 fully saturated rings. The predicted octanol–water partition coefficient (Wildman–Crippen LogP) is 2.36. The highest BCUT2D eigenvalue weighted by atomic mass is 16.5. The molecule has 0 amide bonds. The van der Waals surface area contributed by atoms with E-state index in [-0.39, 0.29) is 17.6 Å². The van der Waals surface area contributed by atoms with Gasteiger partial charge in [0.2, 0.25) is 0 Å². The zero-order chi connectivity index (χ0) is 13.3. The smallest absolute Gasteiger partial charge is 0.185 e. The van der Waals surface area contributed by atoms with Gasteiger partial charge in [-0.1, -0.05) is 6.92 Å². The van der Waals surface area contributed by atoms with Crippen LogP contribution in [-0.2, 0) is 9.53 Å². The summed E-state index contributed by atoms with van der Waals surface area (Å²) in [6, 6.07) is 0. The maximum atomic E-state index is 12.0. The fraction of sp³-hybridized carbons (Fsp3) is 0.667. The van der Waals surface area contributed by atoms with Crippen molar-refractivity contribution >= 4 is 5.78 Å². The number of carbonyl (C=O) groups excluding carboxylic acids is 1. The zero-order valence-corrected chi connectivity index (χ0v) is 11.4. The Hall–Kier alpha value is -1.09. The standard InChI is InChI=1S/C15H20O3/c1-8-5-6-12-14(3,4)18-13-9(2)11(16)7-10(8)15(12,13)17/h7-8,12,17H,5-6H2,1-4H3/t8-,12?,15+/m1/s1. The molecular weight excluding hydrogens is 228 g/mol. The van der Waals surface area contributed by atoms with Gasteiger partial charge in [0.1, 0.15) is 11.4 Å². The summed E-state index contributed by atoms with van der Waals surface area (Å²) in [7, 11) is 0. The molecule has 3 aliphatic rings. The average molecular weight is 248 g/mol. The topological polar surface area (TPSA) is 46.5 Å². The molecule has 1 saturated heterocycles. The van der Waals surface area contributed by atoms with Crippen LogP contribution in [-0.4, -0.2) is 22.1 Å². The SMILES string of the molecule is CC1=C2OC(C)(C)C3CC[C@@H](C)C(=CC1=O)[C@@]23O. The minimum Gasteiger partial charge on any atom is -0.488 e. The Kier molecular flexibility index (Phi) is 2.17. The first kappa shape index (κ1) is 12.0. The molecule has 1 heterocycles. The van der Waals surface area contributed by atoms with Crippen LogP contribution in [0.15, 0.2) is 23.0 Å². The van der Waals surface area contributed by atoms with E-state index < -0.39 is 11.2 Å². The van der Waals surface area contributed by atoms with Gasteiger partial charge < -0.3 is 9.84 Å². The van der Waals surface area contributed by atoms with E-state index in [9.17, 15) is 9.90 Å². The average Bonchev–Trinajstić information content (AvgIpc) is 2.49. The van der Waals surface area contributed by atoms with Gasteiger partial charge >= 0.3 is 0 Å². The van der Waals surface area contributed by atoms with E-state index in [1.54, 1.807) is 13.0 Å². The van der Waals surface area contributed by atoms with Crippen LogP contribution >= 0.6 is 0 Å².